The molecular weight excluding hydrogens is 216 g/mol. The first-order valence-corrected chi connectivity index (χ1v) is 5.51. The quantitative estimate of drug-likeness (QED) is 0.472. The maximum atomic E-state index is 11.8. The van der Waals surface area contributed by atoms with Gasteiger partial charge in [-0.25, -0.2) is 0 Å². The Morgan fingerprint density at radius 3 is 2.59 bits per heavy atom. The van der Waals surface area contributed by atoms with E-state index in [0.29, 0.717) is 6.54 Å². The molecule has 0 fully saturated rings. The Morgan fingerprint density at radius 1 is 1.41 bits per heavy atom. The van der Waals surface area contributed by atoms with Crippen LogP contribution in [0.1, 0.15) is 19.4 Å². The summed E-state index contributed by atoms with van der Waals surface area (Å²) < 4.78 is 0. The van der Waals surface area contributed by atoms with E-state index in [9.17, 15) is 4.79 Å². The number of nitrogens with zero attached hydrogens (tertiary/aromatic N) is 3. The van der Waals surface area contributed by atoms with Crippen molar-refractivity contribution in [2.75, 3.05) is 0 Å². The van der Waals surface area contributed by atoms with E-state index in [0.717, 1.165) is 5.56 Å². The molecule has 0 aliphatic carbocycles. The maximum absolute atomic E-state index is 11.8. The molecule has 1 rings (SSSR count). The summed E-state index contributed by atoms with van der Waals surface area (Å²) >= 11 is 0. The monoisotopic (exact) mass is 232 g/mol. The minimum Gasteiger partial charge on any atom is -0.352 e. The van der Waals surface area contributed by atoms with Crippen LogP contribution in [-0.4, -0.2) is 11.9 Å². The first-order valence-electron chi connectivity index (χ1n) is 5.51. The lowest BCUT2D eigenvalue weighted by molar-refractivity contribution is -0.123. The van der Waals surface area contributed by atoms with Gasteiger partial charge in [0.25, 0.3) is 0 Å². The van der Waals surface area contributed by atoms with E-state index in [-0.39, 0.29) is 11.8 Å². The van der Waals surface area contributed by atoms with Crippen molar-refractivity contribution >= 4 is 5.91 Å². The molecule has 0 spiro atoms. The number of rotatable bonds is 5. The zero-order valence-electron chi connectivity index (χ0n) is 10.00. The van der Waals surface area contributed by atoms with Gasteiger partial charge < -0.3 is 5.32 Å². The third kappa shape index (κ3) is 4.17. The first-order chi connectivity index (χ1) is 8.15. The van der Waals surface area contributed by atoms with Gasteiger partial charge in [-0.1, -0.05) is 49.3 Å². The Hall–Kier alpha value is -2.00. The van der Waals surface area contributed by atoms with Crippen molar-refractivity contribution in [2.24, 2.45) is 11.0 Å². The van der Waals surface area contributed by atoms with Crippen LogP contribution >= 0.6 is 0 Å². The molecule has 17 heavy (non-hydrogen) atoms. The molecule has 0 heterocycles. The maximum Gasteiger partial charge on any atom is 0.229 e. The molecule has 5 nitrogen and oxygen atoms in total. The average molecular weight is 232 g/mol. The summed E-state index contributed by atoms with van der Waals surface area (Å²) in [6, 6.07) is 8.95. The van der Waals surface area contributed by atoms with Gasteiger partial charge in [-0.15, -0.1) is 0 Å². The topological polar surface area (TPSA) is 77.9 Å². The molecule has 5 heteroatoms. The highest BCUT2D eigenvalue weighted by Gasteiger charge is 2.19. The Balaban J connectivity index is 2.56. The van der Waals surface area contributed by atoms with Crippen LogP contribution in [-0.2, 0) is 11.3 Å². The van der Waals surface area contributed by atoms with E-state index in [1.54, 1.807) is 0 Å². The summed E-state index contributed by atoms with van der Waals surface area (Å²) in [5, 5.41) is 6.27. The fourth-order valence-electron chi connectivity index (χ4n) is 1.43. The normalized spacial score (nSPS) is 11.7. The minimum atomic E-state index is -0.649. The van der Waals surface area contributed by atoms with Gasteiger partial charge in [0.2, 0.25) is 5.91 Å². The summed E-state index contributed by atoms with van der Waals surface area (Å²) in [6.45, 7) is 4.15. The van der Waals surface area contributed by atoms with Gasteiger partial charge in [-0.3, -0.25) is 4.79 Å². The minimum absolute atomic E-state index is 0.0123. The molecule has 0 unspecified atom stereocenters. The van der Waals surface area contributed by atoms with Gasteiger partial charge in [-0.05, 0) is 17.0 Å². The van der Waals surface area contributed by atoms with Gasteiger partial charge >= 0.3 is 0 Å². The van der Waals surface area contributed by atoms with Crippen LogP contribution < -0.4 is 5.32 Å². The standard InChI is InChI=1S/C12H16N4O/c1-9(2)11(15-16-13)12(17)14-8-10-6-4-3-5-7-10/h3-7,9,11H,8H2,1-2H3,(H,14,17)/t11-/m0/s1. The number of hydrogen-bond donors (Lipinski definition) is 1. The second-order valence-corrected chi connectivity index (χ2v) is 4.10. The van der Waals surface area contributed by atoms with Gasteiger partial charge in [0.15, 0.2) is 0 Å². The highest BCUT2D eigenvalue weighted by molar-refractivity contribution is 5.82. The van der Waals surface area contributed by atoms with Crippen LogP contribution in [0.25, 0.3) is 10.4 Å². The fraction of sp³-hybridized carbons (Fsp3) is 0.417. The number of nitrogens with one attached hydrogen (secondary N) is 1. The van der Waals surface area contributed by atoms with Crippen LogP contribution in [0.3, 0.4) is 0 Å². The third-order valence-electron chi connectivity index (χ3n) is 2.39. The van der Waals surface area contributed by atoms with Crippen molar-refractivity contribution in [3.63, 3.8) is 0 Å². The molecule has 0 saturated carbocycles. The van der Waals surface area contributed by atoms with Crippen LogP contribution in [0.4, 0.5) is 0 Å². The number of azide groups is 1. The van der Waals surface area contributed by atoms with Crippen molar-refractivity contribution in [1.29, 1.82) is 0 Å². The zero-order valence-corrected chi connectivity index (χ0v) is 10.00. The largest absolute Gasteiger partial charge is 0.352 e. The molecule has 1 aromatic rings. The Morgan fingerprint density at radius 2 is 2.06 bits per heavy atom. The van der Waals surface area contributed by atoms with Crippen molar-refractivity contribution in [3.05, 3.63) is 46.3 Å². The molecule has 1 atom stereocenters. The molecule has 1 amide bonds. The van der Waals surface area contributed by atoms with Gasteiger partial charge in [0, 0.05) is 11.5 Å². The highest BCUT2D eigenvalue weighted by atomic mass is 16.2. The number of benzene rings is 1. The van der Waals surface area contributed by atoms with Crippen molar-refractivity contribution in [3.8, 4) is 0 Å². The predicted molar refractivity (Wildman–Crippen MR) is 66.1 cm³/mol. The lowest BCUT2D eigenvalue weighted by Gasteiger charge is -2.14. The molecule has 0 saturated heterocycles. The summed E-state index contributed by atoms with van der Waals surface area (Å²) in [5.41, 5.74) is 9.42. The fourth-order valence-corrected chi connectivity index (χ4v) is 1.43. The summed E-state index contributed by atoms with van der Waals surface area (Å²) in [7, 11) is 0. The second kappa shape index (κ2) is 6.55. The van der Waals surface area contributed by atoms with Crippen molar-refractivity contribution in [1.82, 2.24) is 5.32 Å². The Labute approximate surface area is 100 Å². The molecule has 1 aromatic carbocycles. The third-order valence-corrected chi connectivity index (χ3v) is 2.39. The smallest absolute Gasteiger partial charge is 0.229 e. The van der Waals surface area contributed by atoms with E-state index < -0.39 is 6.04 Å². The number of carbonyl (C=O) groups excluding carboxylic acids is 1. The Bertz CT molecular complexity index is 410. The van der Waals surface area contributed by atoms with Crippen molar-refractivity contribution < 1.29 is 4.79 Å². The summed E-state index contributed by atoms with van der Waals surface area (Å²) in [4.78, 5) is 14.5. The molecule has 1 N–H and O–H groups in total. The van der Waals surface area contributed by atoms with E-state index in [1.807, 2.05) is 44.2 Å². The van der Waals surface area contributed by atoms with Crippen LogP contribution in [0.15, 0.2) is 35.4 Å². The van der Waals surface area contributed by atoms with E-state index >= 15 is 0 Å². The lowest BCUT2D eigenvalue weighted by atomic mass is 10.0. The summed E-state index contributed by atoms with van der Waals surface area (Å²) in [6.07, 6.45) is 0. The SMILES string of the molecule is CC(C)[C@H](N=[N+]=[N-])C(=O)NCc1ccccc1. The predicted octanol–water partition coefficient (Wildman–Crippen LogP) is 2.64. The Kier molecular flexibility index (Phi) is 5.04. The molecule has 0 aliphatic heterocycles. The van der Waals surface area contributed by atoms with E-state index in [4.69, 9.17) is 5.53 Å². The molecule has 90 valence electrons. The second-order valence-electron chi connectivity index (χ2n) is 4.10. The van der Waals surface area contributed by atoms with E-state index in [2.05, 4.69) is 15.3 Å². The van der Waals surface area contributed by atoms with Crippen LogP contribution in [0, 0.1) is 5.92 Å². The number of hydrogen-bond acceptors (Lipinski definition) is 2. The van der Waals surface area contributed by atoms with Gasteiger partial charge in [-0.2, -0.15) is 0 Å². The first kappa shape index (κ1) is 13.1. The summed E-state index contributed by atoms with van der Waals surface area (Å²) in [5.74, 6) is -0.247. The number of amides is 1. The molecule has 0 bridgehead atoms. The zero-order chi connectivity index (χ0) is 12.7. The van der Waals surface area contributed by atoms with Crippen molar-refractivity contribution in [2.45, 2.75) is 26.4 Å². The molecule has 0 aromatic heterocycles. The molecular formula is C12H16N4O. The van der Waals surface area contributed by atoms with Crippen LogP contribution in [0.2, 0.25) is 0 Å². The molecule has 0 aliphatic rings. The number of carbonyl (C=O) groups is 1. The van der Waals surface area contributed by atoms with Gasteiger partial charge in [0.05, 0.1) is 0 Å². The van der Waals surface area contributed by atoms with Gasteiger partial charge in [0.1, 0.15) is 6.04 Å². The lowest BCUT2D eigenvalue weighted by Crippen LogP contribution is -2.35. The molecule has 0 radical (unpaired) electrons. The average Bonchev–Trinajstić information content (AvgIpc) is 2.34. The highest BCUT2D eigenvalue weighted by Crippen LogP contribution is 2.07. The van der Waals surface area contributed by atoms with Crippen LogP contribution in [0.5, 0.6) is 0 Å². The van der Waals surface area contributed by atoms with E-state index in [1.165, 1.54) is 0 Å².